The van der Waals surface area contributed by atoms with Crippen LogP contribution >= 0.6 is 0 Å². The summed E-state index contributed by atoms with van der Waals surface area (Å²) in [5.41, 5.74) is 3.68. The zero-order valence-electron chi connectivity index (χ0n) is 17.8. The molecule has 0 spiro atoms. The molecule has 1 unspecified atom stereocenters. The number of amides is 1. The Morgan fingerprint density at radius 2 is 1.39 bits per heavy atom. The average Bonchev–Trinajstić information content (AvgIpc) is 3.08. The standard InChI is InChI=1S/C27H21N3O3/c31-26-27(19-21-14-16-28-17-15-21,18-20-10-12-23(13-11-20)30(32)33)24-8-4-5-9-25(24)29(26)22-6-2-1-3-7-22/h1-17H,18-19H2. The van der Waals surface area contributed by atoms with Crippen LogP contribution in [0, 0.1) is 10.1 Å². The molecular formula is C27H21N3O3. The molecule has 1 atom stereocenters. The zero-order valence-corrected chi connectivity index (χ0v) is 17.8. The van der Waals surface area contributed by atoms with Crippen molar-refractivity contribution in [2.24, 2.45) is 0 Å². The average molecular weight is 435 g/mol. The van der Waals surface area contributed by atoms with Gasteiger partial charge in [-0.1, -0.05) is 48.5 Å². The number of anilines is 2. The summed E-state index contributed by atoms with van der Waals surface area (Å²) in [6, 6.07) is 27.9. The number of nitro groups is 1. The van der Waals surface area contributed by atoms with E-state index in [0.717, 1.165) is 28.1 Å². The topological polar surface area (TPSA) is 76.3 Å². The first-order chi connectivity index (χ1) is 16.1. The number of nitrogens with zero attached hydrogens (tertiary/aromatic N) is 3. The number of fused-ring (bicyclic) bond motifs is 1. The maximum absolute atomic E-state index is 14.3. The van der Waals surface area contributed by atoms with Crippen LogP contribution in [0.4, 0.5) is 17.1 Å². The summed E-state index contributed by atoms with van der Waals surface area (Å²) >= 11 is 0. The molecule has 1 aromatic heterocycles. The van der Waals surface area contributed by atoms with Crippen molar-refractivity contribution in [3.8, 4) is 0 Å². The molecule has 33 heavy (non-hydrogen) atoms. The molecule has 0 saturated carbocycles. The first kappa shape index (κ1) is 20.6. The Hall–Kier alpha value is -4.32. The number of carbonyl (C=O) groups is 1. The molecule has 4 aromatic rings. The molecule has 0 aliphatic carbocycles. The maximum Gasteiger partial charge on any atom is 0.269 e. The molecule has 0 saturated heterocycles. The van der Waals surface area contributed by atoms with Gasteiger partial charge in [0.05, 0.1) is 16.0 Å². The lowest BCUT2D eigenvalue weighted by Gasteiger charge is -2.29. The zero-order chi connectivity index (χ0) is 22.8. The second-order valence-electron chi connectivity index (χ2n) is 8.21. The first-order valence-electron chi connectivity index (χ1n) is 10.7. The molecule has 162 valence electrons. The lowest BCUT2D eigenvalue weighted by atomic mass is 9.72. The van der Waals surface area contributed by atoms with E-state index in [4.69, 9.17) is 0 Å². The highest BCUT2D eigenvalue weighted by Gasteiger charge is 2.51. The molecule has 1 aliphatic rings. The summed E-state index contributed by atoms with van der Waals surface area (Å²) in [4.78, 5) is 30.9. The van der Waals surface area contributed by atoms with Crippen molar-refractivity contribution in [1.29, 1.82) is 0 Å². The van der Waals surface area contributed by atoms with Gasteiger partial charge in [-0.15, -0.1) is 0 Å². The lowest BCUT2D eigenvalue weighted by Crippen LogP contribution is -2.42. The number of pyridine rings is 1. The van der Waals surface area contributed by atoms with Crippen LogP contribution in [0.3, 0.4) is 0 Å². The Balaban J connectivity index is 1.66. The van der Waals surface area contributed by atoms with E-state index in [1.54, 1.807) is 29.4 Å². The van der Waals surface area contributed by atoms with Crippen LogP contribution in [0.1, 0.15) is 16.7 Å². The van der Waals surface area contributed by atoms with Gasteiger partial charge in [-0.25, -0.2) is 0 Å². The number of carbonyl (C=O) groups excluding carboxylic acids is 1. The van der Waals surface area contributed by atoms with Gasteiger partial charge in [0.25, 0.3) is 5.69 Å². The Morgan fingerprint density at radius 1 is 0.788 bits per heavy atom. The number of hydrogen-bond donors (Lipinski definition) is 0. The SMILES string of the molecule is O=C1N(c2ccccc2)c2ccccc2C1(Cc1ccncc1)Cc1ccc([N+](=O)[O-])cc1. The second-order valence-corrected chi connectivity index (χ2v) is 8.21. The molecule has 6 heteroatoms. The van der Waals surface area contributed by atoms with Gasteiger partial charge < -0.3 is 0 Å². The van der Waals surface area contributed by atoms with Crippen LogP contribution in [0.15, 0.2) is 103 Å². The van der Waals surface area contributed by atoms with E-state index in [1.807, 2.05) is 66.7 Å². The fourth-order valence-corrected chi connectivity index (χ4v) is 4.68. The number of benzene rings is 3. The largest absolute Gasteiger partial charge is 0.280 e. The van der Waals surface area contributed by atoms with Crippen molar-refractivity contribution in [3.05, 3.63) is 130 Å². The molecule has 0 radical (unpaired) electrons. The summed E-state index contributed by atoms with van der Waals surface area (Å²) < 4.78 is 0. The Kier molecular flexibility index (Phi) is 5.18. The molecule has 6 nitrogen and oxygen atoms in total. The van der Waals surface area contributed by atoms with Crippen LogP contribution in [-0.4, -0.2) is 15.8 Å². The van der Waals surface area contributed by atoms with E-state index in [1.165, 1.54) is 12.1 Å². The van der Waals surface area contributed by atoms with Crippen LogP contribution in [0.5, 0.6) is 0 Å². The van der Waals surface area contributed by atoms with Crippen LogP contribution < -0.4 is 4.90 Å². The van der Waals surface area contributed by atoms with Gasteiger partial charge in [0.1, 0.15) is 0 Å². The summed E-state index contributed by atoms with van der Waals surface area (Å²) in [7, 11) is 0. The van der Waals surface area contributed by atoms with Crippen molar-refractivity contribution in [3.63, 3.8) is 0 Å². The molecule has 2 heterocycles. The highest BCUT2D eigenvalue weighted by molar-refractivity contribution is 6.13. The monoisotopic (exact) mass is 435 g/mol. The first-order valence-corrected chi connectivity index (χ1v) is 10.7. The number of hydrogen-bond acceptors (Lipinski definition) is 4. The predicted molar refractivity (Wildman–Crippen MR) is 126 cm³/mol. The van der Waals surface area contributed by atoms with Crippen LogP contribution in [0.25, 0.3) is 0 Å². The third kappa shape index (κ3) is 3.65. The van der Waals surface area contributed by atoms with Crippen LogP contribution in [0.2, 0.25) is 0 Å². The highest BCUT2D eigenvalue weighted by Crippen LogP contribution is 2.48. The van der Waals surface area contributed by atoms with Gasteiger partial charge in [-0.05, 0) is 59.9 Å². The maximum atomic E-state index is 14.3. The van der Waals surface area contributed by atoms with E-state index in [-0.39, 0.29) is 11.6 Å². The van der Waals surface area contributed by atoms with E-state index in [2.05, 4.69) is 4.98 Å². The minimum atomic E-state index is -0.857. The number of rotatable bonds is 6. The van der Waals surface area contributed by atoms with E-state index in [0.29, 0.717) is 12.8 Å². The van der Waals surface area contributed by atoms with Crippen molar-refractivity contribution in [2.45, 2.75) is 18.3 Å². The van der Waals surface area contributed by atoms with Gasteiger partial charge >= 0.3 is 0 Å². The van der Waals surface area contributed by atoms with Gasteiger partial charge in [-0.2, -0.15) is 0 Å². The predicted octanol–water partition coefficient (Wildman–Crippen LogP) is 5.39. The second kappa shape index (κ2) is 8.31. The molecule has 0 fully saturated rings. The third-order valence-corrected chi connectivity index (χ3v) is 6.20. The lowest BCUT2D eigenvalue weighted by molar-refractivity contribution is -0.384. The molecule has 0 N–H and O–H groups in total. The Morgan fingerprint density at radius 3 is 2.06 bits per heavy atom. The molecular weight excluding hydrogens is 414 g/mol. The smallest absolute Gasteiger partial charge is 0.269 e. The van der Waals surface area contributed by atoms with E-state index >= 15 is 0 Å². The summed E-state index contributed by atoms with van der Waals surface area (Å²) in [6.45, 7) is 0. The van der Waals surface area contributed by atoms with Crippen molar-refractivity contribution in [1.82, 2.24) is 4.98 Å². The summed E-state index contributed by atoms with van der Waals surface area (Å²) in [5.74, 6) is -0.00920. The number of para-hydroxylation sites is 2. The molecule has 1 amide bonds. The molecule has 0 bridgehead atoms. The molecule has 5 rings (SSSR count). The van der Waals surface area contributed by atoms with E-state index in [9.17, 15) is 14.9 Å². The summed E-state index contributed by atoms with van der Waals surface area (Å²) in [6.07, 6.45) is 4.38. The van der Waals surface area contributed by atoms with Gasteiger partial charge in [0.15, 0.2) is 0 Å². The fraction of sp³-hybridized carbons (Fsp3) is 0.111. The quantitative estimate of drug-likeness (QED) is 0.300. The number of nitro benzene ring substituents is 1. The highest BCUT2D eigenvalue weighted by atomic mass is 16.6. The number of non-ortho nitro benzene ring substituents is 1. The Bertz CT molecular complexity index is 1310. The van der Waals surface area contributed by atoms with Crippen molar-refractivity contribution >= 4 is 23.0 Å². The van der Waals surface area contributed by atoms with Gasteiger partial charge in [-0.3, -0.25) is 24.8 Å². The summed E-state index contributed by atoms with van der Waals surface area (Å²) in [5, 5.41) is 11.1. The third-order valence-electron chi connectivity index (χ3n) is 6.20. The molecule has 1 aliphatic heterocycles. The normalized spacial score (nSPS) is 17.1. The minimum absolute atomic E-state index is 0.00920. The molecule has 3 aromatic carbocycles. The minimum Gasteiger partial charge on any atom is -0.280 e. The Labute approximate surface area is 191 Å². The van der Waals surface area contributed by atoms with Gasteiger partial charge in [0.2, 0.25) is 5.91 Å². The van der Waals surface area contributed by atoms with Gasteiger partial charge in [0, 0.05) is 30.2 Å². The van der Waals surface area contributed by atoms with E-state index < -0.39 is 10.3 Å². The fourth-order valence-electron chi connectivity index (χ4n) is 4.68. The van der Waals surface area contributed by atoms with Crippen molar-refractivity contribution in [2.75, 3.05) is 4.90 Å². The number of aromatic nitrogens is 1. The van der Waals surface area contributed by atoms with Crippen LogP contribution in [-0.2, 0) is 23.1 Å². The van der Waals surface area contributed by atoms with Crippen molar-refractivity contribution < 1.29 is 9.72 Å².